The number of ether oxygens (including phenoxy) is 16. The summed E-state index contributed by atoms with van der Waals surface area (Å²) in [6, 6.07) is 0. The minimum Gasteiger partial charge on any atom is -0.394 e. The number of amides is 5. The number of rotatable bonds is 56. The number of carbonyl (C=O) groups is 5. The van der Waals surface area contributed by atoms with Gasteiger partial charge in [0.15, 0.2) is 37.7 Å². The van der Waals surface area contributed by atoms with Crippen molar-refractivity contribution in [3.05, 3.63) is 12.3 Å². The van der Waals surface area contributed by atoms with Gasteiger partial charge in [0.2, 0.25) is 29.5 Å². The van der Waals surface area contributed by atoms with Gasteiger partial charge in [0.25, 0.3) is 0 Å². The van der Waals surface area contributed by atoms with Crippen molar-refractivity contribution >= 4 is 29.5 Å². The van der Waals surface area contributed by atoms with Crippen LogP contribution in [0.15, 0.2) is 12.3 Å². The lowest BCUT2D eigenvalue weighted by atomic mass is 9.91. The number of aliphatic hydroxyl groups excluding tert-OH is 21. The van der Waals surface area contributed by atoms with Crippen LogP contribution in [0.25, 0.3) is 0 Å². The summed E-state index contributed by atoms with van der Waals surface area (Å²) >= 11 is 0. The molecule has 5 amide bonds. The average molecular weight is 1790 g/mol. The molecule has 27 N–H and O–H groups in total. The Morgan fingerprint density at radius 2 is 0.602 bits per heavy atom. The Balaban J connectivity index is 0.000000468. The Morgan fingerprint density at radius 1 is 0.309 bits per heavy atom. The first-order valence-electron chi connectivity index (χ1n) is 41.4. The highest BCUT2D eigenvalue weighted by molar-refractivity contribution is 5.77. The zero-order chi connectivity index (χ0) is 90.9. The largest absolute Gasteiger partial charge is 0.394 e. The maximum atomic E-state index is 12.7. The third-order valence-corrected chi connectivity index (χ3v) is 20.8. The molecule has 0 spiro atoms. The van der Waals surface area contributed by atoms with E-state index in [4.69, 9.17) is 75.8 Å². The van der Waals surface area contributed by atoms with Crippen LogP contribution in [-0.2, 0) is 99.8 Å². The zero-order valence-electron chi connectivity index (χ0n) is 69.5. The standard InChI is InChI=1S/C44H80N4O25.C31H56N2O17/c1-3-45-29(52)4-11-64-21-44(22-65-12-5-30(53)46-8-15-68-41-34(57)25(2)33(56)26(18-49)71-41,23-66-13-6-31(54)47-9-16-69-42-39(62)37(60)35(58)27(19-50)72-42)24-67-14-7-32(55)48-10-17-70-43-40(63)38(61)36(59)28(20-51)73-43;1-3-32-15(2)8-6-4-5-7-9-19(36)33-10-11-45-30-27(44)28(50-31-26(43)24(41)21(38)17(13-35)48-31)22(39)18(49-30)14-46-29-25(42)23(40)20(37)16(12-34)47-29/h25-28,33-43,49-51,56-63H,3-24H2,1-2H3,(H,45,52)(H,46,53)(H,47,54)(H,48,55);16-18,20-32,34-35,37-44H,2-14H2,1H3,(H,33,36)/t25-,26+,27+,28+,33-,34-,35+,36+,37-,38-,39-,40-,41-,42-,43-;16-,17-,18-,20-,21-,22-,23+,24+,25+,26+,27+,28+,29+,30+,31-/m01/s1. The molecule has 0 aliphatic carbocycles. The Bertz CT molecular complexity index is 2790. The van der Waals surface area contributed by atoms with Crippen LogP contribution in [0.2, 0.25) is 0 Å². The summed E-state index contributed by atoms with van der Waals surface area (Å²) in [5.41, 5.74) is -0.152. The highest BCUT2D eigenvalue weighted by Gasteiger charge is 2.53. The van der Waals surface area contributed by atoms with Crippen molar-refractivity contribution in [2.45, 2.75) is 263 Å². The molecule has 0 saturated carbocycles. The summed E-state index contributed by atoms with van der Waals surface area (Å²) in [7, 11) is 0. The quantitative estimate of drug-likeness (QED) is 0.0251. The van der Waals surface area contributed by atoms with Gasteiger partial charge in [-0.25, -0.2) is 0 Å². The fraction of sp³-hybridized carbons (Fsp3) is 0.907. The zero-order valence-corrected chi connectivity index (χ0v) is 69.5. The normalized spacial score (nSPS) is 34.1. The Hall–Kier alpha value is -4.59. The smallest absolute Gasteiger partial charge is 0.222 e. The second-order valence-electron chi connectivity index (χ2n) is 30.4. The van der Waals surface area contributed by atoms with Gasteiger partial charge in [-0.05, 0) is 33.1 Å². The summed E-state index contributed by atoms with van der Waals surface area (Å²) in [6.45, 7) is 5.19. The molecule has 0 unspecified atom stereocenters. The van der Waals surface area contributed by atoms with Crippen LogP contribution in [0.1, 0.15) is 85.0 Å². The van der Waals surface area contributed by atoms with Crippen LogP contribution >= 0.6 is 0 Å². The van der Waals surface area contributed by atoms with Crippen molar-refractivity contribution in [3.8, 4) is 0 Å². The van der Waals surface area contributed by atoms with Crippen molar-refractivity contribution < 1.29 is 207 Å². The molecule has 6 heterocycles. The minimum atomic E-state index is -1.87. The third kappa shape index (κ3) is 35.7. The highest BCUT2D eigenvalue weighted by Crippen LogP contribution is 2.33. The molecule has 6 rings (SSSR count). The van der Waals surface area contributed by atoms with E-state index >= 15 is 0 Å². The first-order chi connectivity index (χ1) is 58.7. The molecule has 6 saturated heterocycles. The van der Waals surface area contributed by atoms with Gasteiger partial charge in [0.05, 0.1) is 130 Å². The molecule has 0 bridgehead atoms. The van der Waals surface area contributed by atoms with E-state index in [0.29, 0.717) is 19.4 Å². The van der Waals surface area contributed by atoms with Crippen LogP contribution in [0, 0.1) is 11.3 Å². The van der Waals surface area contributed by atoms with Gasteiger partial charge < -0.3 is 215 Å². The SMILES string of the molecule is C=C(CCCCCCC(=O)NCCO[C@H]1O[C@H](CO[C@H]2O[C@H](CO)[C@@H](O)[C@H](O)[C@@H]2O)[C@@H](O)[C@H](O[C@H]2O[C@H](CO)[C@@H](O)[C@H](O)[C@@H]2O)[C@@H]1O)NCC.CCNC(=O)CCOCC(COCCC(=O)NCCO[C@H]1O[C@H](CO)[C@@H](O)[C@H](C)[C@@H]1O)(COCCC(=O)NCCO[C@H]1O[C@H](CO)[C@@H](O)[C@H](O)[C@@H]1O)COCCC(=O)NCCO[C@H]1O[C@H](CO)[C@@H](O)[C@H](O)[C@@H]1O. The first-order valence-corrected chi connectivity index (χ1v) is 41.4. The van der Waals surface area contributed by atoms with Gasteiger partial charge >= 0.3 is 0 Å². The molecule has 48 nitrogen and oxygen atoms in total. The van der Waals surface area contributed by atoms with E-state index in [1.807, 2.05) is 6.92 Å². The van der Waals surface area contributed by atoms with Crippen LogP contribution in [0.3, 0.4) is 0 Å². The monoisotopic (exact) mass is 1790 g/mol. The van der Waals surface area contributed by atoms with E-state index < -0.39 is 247 Å². The lowest BCUT2D eigenvalue weighted by molar-refractivity contribution is -0.366. The summed E-state index contributed by atoms with van der Waals surface area (Å²) in [5, 5.41) is 228. The summed E-state index contributed by atoms with van der Waals surface area (Å²) in [5.74, 6) is -2.44. The maximum absolute atomic E-state index is 12.7. The van der Waals surface area contributed by atoms with Crippen molar-refractivity contribution in [3.63, 3.8) is 0 Å². The van der Waals surface area contributed by atoms with Gasteiger partial charge in [-0.2, -0.15) is 0 Å². The summed E-state index contributed by atoms with van der Waals surface area (Å²) in [4.78, 5) is 62.7. The molecule has 6 fully saturated rings. The number of hydrogen-bond donors (Lipinski definition) is 27. The van der Waals surface area contributed by atoms with E-state index in [-0.39, 0.29) is 143 Å². The molecule has 123 heavy (non-hydrogen) atoms. The van der Waals surface area contributed by atoms with Crippen molar-refractivity contribution in [1.29, 1.82) is 0 Å². The lowest BCUT2D eigenvalue weighted by Gasteiger charge is -2.46. The predicted molar refractivity (Wildman–Crippen MR) is 413 cm³/mol. The number of hydrogen-bond acceptors (Lipinski definition) is 43. The molecule has 718 valence electrons. The average Bonchev–Trinajstić information content (AvgIpc) is 0.781. The molecule has 0 aromatic rings. The fourth-order valence-corrected chi connectivity index (χ4v) is 13.4. The Labute approximate surface area is 711 Å². The van der Waals surface area contributed by atoms with Crippen molar-refractivity contribution in [1.82, 2.24) is 31.9 Å². The minimum absolute atomic E-state index is 0.0116. The topological polar surface area (TPSA) is 730 Å². The Kier molecular flexibility index (Phi) is 51.5. The Morgan fingerprint density at radius 3 is 0.959 bits per heavy atom. The van der Waals surface area contributed by atoms with Crippen LogP contribution < -0.4 is 31.9 Å². The number of allylic oxidation sites excluding steroid dienone is 1. The third-order valence-electron chi connectivity index (χ3n) is 20.8. The van der Waals surface area contributed by atoms with Crippen molar-refractivity contribution in [2.75, 3.05) is 158 Å². The number of nitrogens with one attached hydrogen (secondary N) is 6. The number of unbranched alkanes of at least 4 members (excludes halogenated alkanes) is 3. The molecule has 6 aliphatic heterocycles. The predicted octanol–water partition coefficient (Wildman–Crippen LogP) is -13.2. The van der Waals surface area contributed by atoms with Gasteiger partial charge in [-0.15, -0.1) is 0 Å². The molecule has 48 heteroatoms. The molecule has 30 atom stereocenters. The van der Waals surface area contributed by atoms with Crippen molar-refractivity contribution in [2.24, 2.45) is 11.3 Å². The van der Waals surface area contributed by atoms with E-state index in [0.717, 1.165) is 37.9 Å². The van der Waals surface area contributed by atoms with Gasteiger partial charge in [-0.1, -0.05) is 26.3 Å². The molecule has 0 radical (unpaired) electrons. The van der Waals surface area contributed by atoms with Crippen LogP contribution in [0.4, 0.5) is 0 Å². The second kappa shape index (κ2) is 58.2. The molecular weight excluding hydrogens is 1660 g/mol. The van der Waals surface area contributed by atoms with Crippen LogP contribution in [-0.4, -0.2) is 473 Å². The summed E-state index contributed by atoms with van der Waals surface area (Å²) in [6.07, 6.45) is -39.5. The lowest BCUT2D eigenvalue weighted by Crippen LogP contribution is -2.65. The molecular formula is C75H136N6O42. The van der Waals surface area contributed by atoms with E-state index in [1.54, 1.807) is 13.8 Å². The number of carbonyl (C=O) groups excluding carboxylic acids is 5. The van der Waals surface area contributed by atoms with E-state index in [9.17, 15) is 131 Å². The van der Waals surface area contributed by atoms with Gasteiger partial charge in [-0.3, -0.25) is 24.0 Å². The second-order valence-corrected chi connectivity index (χ2v) is 30.4. The maximum Gasteiger partial charge on any atom is 0.222 e. The fourth-order valence-electron chi connectivity index (χ4n) is 13.4. The van der Waals surface area contributed by atoms with E-state index in [2.05, 4.69) is 38.5 Å². The summed E-state index contributed by atoms with van der Waals surface area (Å²) < 4.78 is 89.4. The van der Waals surface area contributed by atoms with E-state index in [1.165, 1.54) is 0 Å². The molecule has 6 aliphatic rings. The van der Waals surface area contributed by atoms with Gasteiger partial charge in [0.1, 0.15) is 134 Å². The first kappa shape index (κ1) is 109. The van der Waals surface area contributed by atoms with Crippen LogP contribution in [0.5, 0.6) is 0 Å². The molecule has 0 aromatic heterocycles. The van der Waals surface area contributed by atoms with Gasteiger partial charge in [0, 0.05) is 83.0 Å². The number of aliphatic hydroxyl groups is 21. The molecule has 0 aromatic carbocycles. The highest BCUT2D eigenvalue weighted by atomic mass is 16.8.